The number of phenols is 1. The van der Waals surface area contributed by atoms with Crippen LogP contribution in [0.3, 0.4) is 0 Å². The predicted molar refractivity (Wildman–Crippen MR) is 73.9 cm³/mol. The Morgan fingerprint density at radius 2 is 2.00 bits per heavy atom. The fourth-order valence-corrected chi connectivity index (χ4v) is 2.65. The smallest absolute Gasteiger partial charge is 0.332 e. The molecule has 0 aliphatic carbocycles. The van der Waals surface area contributed by atoms with Crippen molar-refractivity contribution in [3.63, 3.8) is 0 Å². The maximum absolute atomic E-state index is 10.3. The molecule has 7 heteroatoms. The zero-order valence-electron chi connectivity index (χ0n) is 7.37. The topological polar surface area (TPSA) is 87.7 Å². The van der Waals surface area contributed by atoms with Crippen molar-refractivity contribution in [3.8, 4) is 5.75 Å². The van der Waals surface area contributed by atoms with Crippen molar-refractivity contribution in [2.24, 2.45) is 10.8 Å². The largest absolute Gasteiger partial charge is 0.506 e. The van der Waals surface area contributed by atoms with Crippen LogP contribution in [-0.2, 0) is 0 Å². The van der Waals surface area contributed by atoms with Crippen molar-refractivity contribution < 1.29 is 9.90 Å². The highest BCUT2D eigenvalue weighted by Crippen LogP contribution is 2.26. The highest BCUT2D eigenvalue weighted by atomic mass is 127. The zero-order valence-corrected chi connectivity index (χ0v) is 11.7. The van der Waals surface area contributed by atoms with Crippen molar-refractivity contribution in [1.29, 1.82) is 0 Å². The molecule has 0 aliphatic rings. The molecule has 0 saturated carbocycles. The van der Waals surface area contributed by atoms with Crippen LogP contribution in [0.25, 0.3) is 0 Å². The lowest BCUT2D eigenvalue weighted by Gasteiger charge is -2.01. The van der Waals surface area contributed by atoms with Gasteiger partial charge < -0.3 is 10.8 Å². The number of primary amides is 1. The SMILES string of the molecule is NC(=O)N/N=C/c1cc(I)c(O)c(I)c1. The summed E-state index contributed by atoms with van der Waals surface area (Å²) < 4.78 is 1.44. The lowest BCUT2D eigenvalue weighted by atomic mass is 10.2. The molecule has 1 aromatic rings. The van der Waals surface area contributed by atoms with Crippen LogP contribution in [-0.4, -0.2) is 17.4 Å². The molecule has 0 fully saturated rings. The van der Waals surface area contributed by atoms with E-state index in [4.69, 9.17) is 5.73 Å². The van der Waals surface area contributed by atoms with E-state index in [2.05, 4.69) is 10.5 Å². The second-order valence-electron chi connectivity index (χ2n) is 2.57. The molecule has 0 bridgehead atoms. The van der Waals surface area contributed by atoms with E-state index in [0.717, 1.165) is 12.7 Å². The molecule has 0 spiro atoms. The molecule has 15 heavy (non-hydrogen) atoms. The van der Waals surface area contributed by atoms with Gasteiger partial charge in [-0.25, -0.2) is 10.2 Å². The van der Waals surface area contributed by atoms with Gasteiger partial charge >= 0.3 is 6.03 Å². The van der Waals surface area contributed by atoms with E-state index in [1.54, 1.807) is 12.1 Å². The molecular weight excluding hydrogens is 424 g/mol. The maximum atomic E-state index is 10.3. The molecule has 1 rings (SSSR count). The van der Waals surface area contributed by atoms with Crippen molar-refractivity contribution in [2.75, 3.05) is 0 Å². The zero-order chi connectivity index (χ0) is 11.4. The molecule has 0 aliphatic heterocycles. The summed E-state index contributed by atoms with van der Waals surface area (Å²) in [5.74, 6) is 0.246. The molecule has 0 atom stereocenters. The van der Waals surface area contributed by atoms with Gasteiger partial charge in [-0.2, -0.15) is 5.10 Å². The normalized spacial score (nSPS) is 10.5. The molecule has 2 amide bonds. The quantitative estimate of drug-likeness (QED) is 0.378. The summed E-state index contributed by atoms with van der Waals surface area (Å²) in [6.07, 6.45) is 1.45. The fourth-order valence-electron chi connectivity index (χ4n) is 0.830. The molecular formula is C8H7I2N3O2. The predicted octanol–water partition coefficient (Wildman–Crippen LogP) is 1.60. The Balaban J connectivity index is 2.87. The Kier molecular flexibility index (Phi) is 4.57. The Bertz CT molecular complexity index is 397. The van der Waals surface area contributed by atoms with E-state index >= 15 is 0 Å². The minimum absolute atomic E-state index is 0.246. The molecule has 0 radical (unpaired) electrons. The van der Waals surface area contributed by atoms with Gasteiger partial charge in [-0.3, -0.25) is 0 Å². The van der Waals surface area contributed by atoms with E-state index < -0.39 is 6.03 Å². The van der Waals surface area contributed by atoms with E-state index in [1.807, 2.05) is 45.2 Å². The number of nitrogens with one attached hydrogen (secondary N) is 1. The number of carbonyl (C=O) groups is 1. The number of benzene rings is 1. The van der Waals surface area contributed by atoms with Crippen LogP contribution in [0.5, 0.6) is 5.75 Å². The Morgan fingerprint density at radius 3 is 2.47 bits per heavy atom. The first-order chi connectivity index (χ1) is 7.00. The molecule has 0 saturated heterocycles. The Morgan fingerprint density at radius 1 is 1.47 bits per heavy atom. The van der Waals surface area contributed by atoms with Crippen LogP contribution in [0.1, 0.15) is 5.56 Å². The lowest BCUT2D eigenvalue weighted by Crippen LogP contribution is -2.24. The first-order valence-electron chi connectivity index (χ1n) is 3.77. The summed E-state index contributed by atoms with van der Waals surface area (Å²) in [4.78, 5) is 10.3. The average molecular weight is 431 g/mol. The summed E-state index contributed by atoms with van der Waals surface area (Å²) in [7, 11) is 0. The summed E-state index contributed by atoms with van der Waals surface area (Å²) >= 11 is 4.02. The Labute approximate surface area is 113 Å². The fraction of sp³-hybridized carbons (Fsp3) is 0. The van der Waals surface area contributed by atoms with Crippen molar-refractivity contribution in [3.05, 3.63) is 24.8 Å². The number of aromatic hydroxyl groups is 1. The molecule has 80 valence electrons. The van der Waals surface area contributed by atoms with Crippen molar-refractivity contribution in [2.45, 2.75) is 0 Å². The number of halogens is 2. The van der Waals surface area contributed by atoms with Crippen LogP contribution in [0, 0.1) is 7.14 Å². The summed E-state index contributed by atoms with van der Waals surface area (Å²) in [5, 5.41) is 13.1. The third-order valence-electron chi connectivity index (χ3n) is 1.43. The minimum atomic E-state index is -0.713. The van der Waals surface area contributed by atoms with E-state index in [0.29, 0.717) is 0 Å². The van der Waals surface area contributed by atoms with Gasteiger partial charge in [0.2, 0.25) is 0 Å². The molecule has 1 aromatic carbocycles. The number of hydrazone groups is 1. The van der Waals surface area contributed by atoms with E-state index in [9.17, 15) is 9.90 Å². The van der Waals surface area contributed by atoms with Gasteiger partial charge in [-0.15, -0.1) is 0 Å². The second kappa shape index (κ2) is 5.49. The van der Waals surface area contributed by atoms with E-state index in [1.165, 1.54) is 6.21 Å². The first-order valence-corrected chi connectivity index (χ1v) is 5.93. The van der Waals surface area contributed by atoms with Gasteiger partial charge in [-0.1, -0.05) is 0 Å². The number of amides is 2. The summed E-state index contributed by atoms with van der Waals surface area (Å²) in [6, 6.07) is 2.77. The highest BCUT2D eigenvalue weighted by molar-refractivity contribution is 14.1. The number of hydrogen-bond acceptors (Lipinski definition) is 3. The summed E-state index contributed by atoms with van der Waals surface area (Å²) in [5.41, 5.74) is 7.70. The number of hydrogen-bond donors (Lipinski definition) is 3. The first kappa shape index (κ1) is 12.5. The monoisotopic (exact) mass is 431 g/mol. The number of nitrogens with zero attached hydrogens (tertiary/aromatic N) is 1. The van der Waals surface area contributed by atoms with Gasteiger partial charge in [0, 0.05) is 0 Å². The van der Waals surface area contributed by atoms with Crippen LogP contribution in [0.4, 0.5) is 4.79 Å². The number of urea groups is 1. The van der Waals surface area contributed by atoms with Gasteiger partial charge in [0.1, 0.15) is 5.75 Å². The number of carbonyl (C=O) groups excluding carboxylic acids is 1. The molecule has 0 unspecified atom stereocenters. The third kappa shape index (κ3) is 3.81. The molecule has 0 heterocycles. The Hall–Kier alpha value is -0.580. The standard InChI is InChI=1S/C8H7I2N3O2/c9-5-1-4(2-6(10)7(5)14)3-12-13-8(11)15/h1-3,14H,(H3,11,13,15)/b12-3+. The van der Waals surface area contributed by atoms with Gasteiger partial charge in [0.05, 0.1) is 13.4 Å². The number of nitrogens with two attached hydrogens (primary N) is 1. The van der Waals surface area contributed by atoms with Gasteiger partial charge in [0.25, 0.3) is 0 Å². The van der Waals surface area contributed by atoms with Crippen LogP contribution >= 0.6 is 45.2 Å². The van der Waals surface area contributed by atoms with Gasteiger partial charge in [-0.05, 0) is 62.9 Å². The molecule has 0 aromatic heterocycles. The van der Waals surface area contributed by atoms with Crippen molar-refractivity contribution in [1.82, 2.24) is 5.43 Å². The maximum Gasteiger partial charge on any atom is 0.332 e. The van der Waals surface area contributed by atoms with E-state index in [-0.39, 0.29) is 5.75 Å². The molecule has 4 N–H and O–H groups in total. The molecule has 5 nitrogen and oxygen atoms in total. The lowest BCUT2D eigenvalue weighted by molar-refractivity contribution is 0.249. The highest BCUT2D eigenvalue weighted by Gasteiger charge is 2.04. The van der Waals surface area contributed by atoms with Crippen LogP contribution < -0.4 is 11.2 Å². The number of rotatable bonds is 2. The third-order valence-corrected chi connectivity index (χ3v) is 3.07. The average Bonchev–Trinajstić information content (AvgIpc) is 2.13. The summed E-state index contributed by atoms with van der Waals surface area (Å²) in [6.45, 7) is 0. The van der Waals surface area contributed by atoms with Crippen LogP contribution in [0.2, 0.25) is 0 Å². The van der Waals surface area contributed by atoms with Crippen molar-refractivity contribution >= 4 is 57.4 Å². The number of phenolic OH excluding ortho intramolecular Hbond substituents is 1. The van der Waals surface area contributed by atoms with Gasteiger partial charge in [0.15, 0.2) is 0 Å². The second-order valence-corrected chi connectivity index (χ2v) is 4.89. The minimum Gasteiger partial charge on any atom is -0.506 e. The van der Waals surface area contributed by atoms with Crippen LogP contribution in [0.15, 0.2) is 17.2 Å².